The van der Waals surface area contributed by atoms with Crippen molar-refractivity contribution in [1.29, 1.82) is 0 Å². The fourth-order valence-corrected chi connectivity index (χ4v) is 2.36. The third-order valence-electron chi connectivity index (χ3n) is 3.43. The van der Waals surface area contributed by atoms with Crippen LogP contribution in [0.5, 0.6) is 11.5 Å². The second kappa shape index (κ2) is 5.12. The molecule has 0 unspecified atom stereocenters. The molecule has 0 bridgehead atoms. The van der Waals surface area contributed by atoms with Crippen molar-refractivity contribution in [3.05, 3.63) is 41.0 Å². The first kappa shape index (κ1) is 13.7. The van der Waals surface area contributed by atoms with Crippen LogP contribution in [-0.4, -0.2) is 10.7 Å². The minimum absolute atomic E-state index is 0.263. The zero-order chi connectivity index (χ0) is 14.0. The van der Waals surface area contributed by atoms with E-state index in [1.54, 1.807) is 12.1 Å². The summed E-state index contributed by atoms with van der Waals surface area (Å²) in [6.45, 7) is 8.30. The molecular weight excluding hydrogens is 236 g/mol. The Balaban J connectivity index is 2.20. The Labute approximate surface area is 115 Å². The van der Waals surface area contributed by atoms with E-state index in [9.17, 15) is 5.11 Å². The third-order valence-corrected chi connectivity index (χ3v) is 3.43. The molecule has 1 aromatic rings. The molecule has 0 saturated heterocycles. The summed E-state index contributed by atoms with van der Waals surface area (Å²) in [6, 6.07) is 3.49. The van der Waals surface area contributed by atoms with Gasteiger partial charge in [0.15, 0.2) is 0 Å². The molecule has 0 spiro atoms. The molecule has 0 amide bonds. The molecule has 1 aliphatic rings. The molecule has 0 aliphatic carbocycles. The molecule has 2 nitrogen and oxygen atoms in total. The summed E-state index contributed by atoms with van der Waals surface area (Å²) in [7, 11) is 0. The summed E-state index contributed by atoms with van der Waals surface area (Å²) in [5, 5.41) is 9.60. The van der Waals surface area contributed by atoms with Crippen LogP contribution in [0.1, 0.15) is 44.7 Å². The molecule has 1 aromatic carbocycles. The largest absolute Gasteiger partial charge is 0.508 e. The smallest absolute Gasteiger partial charge is 0.131 e. The van der Waals surface area contributed by atoms with Crippen molar-refractivity contribution in [3.8, 4) is 11.5 Å². The van der Waals surface area contributed by atoms with E-state index in [2.05, 4.69) is 32.9 Å². The van der Waals surface area contributed by atoms with E-state index in [1.165, 1.54) is 5.57 Å². The number of hydrogen-bond donors (Lipinski definition) is 1. The second-order valence-corrected chi connectivity index (χ2v) is 5.75. The summed E-state index contributed by atoms with van der Waals surface area (Å²) in [6.07, 6.45) is 8.34. The number of allylic oxidation sites excluding steroid dienone is 2. The average Bonchev–Trinajstić information content (AvgIpc) is 2.30. The molecule has 1 aliphatic heterocycles. The molecule has 0 saturated carbocycles. The molecule has 1 heterocycles. The minimum atomic E-state index is -0.263. The molecule has 0 aromatic heterocycles. The molecule has 102 valence electrons. The van der Waals surface area contributed by atoms with Crippen LogP contribution in [-0.2, 0) is 0 Å². The number of hydrogen-bond acceptors (Lipinski definition) is 2. The van der Waals surface area contributed by atoms with Crippen LogP contribution < -0.4 is 4.74 Å². The first-order valence-corrected chi connectivity index (χ1v) is 6.75. The number of fused-ring (bicyclic) bond motifs is 1. The van der Waals surface area contributed by atoms with Gasteiger partial charge in [-0.05, 0) is 64.3 Å². The Bertz CT molecular complexity index is 536. The first-order valence-electron chi connectivity index (χ1n) is 6.75. The minimum Gasteiger partial charge on any atom is -0.508 e. The number of aryl methyl sites for hydroxylation is 1. The van der Waals surface area contributed by atoms with Crippen LogP contribution >= 0.6 is 0 Å². The summed E-state index contributed by atoms with van der Waals surface area (Å²) in [5.74, 6) is 1.18. The highest BCUT2D eigenvalue weighted by molar-refractivity contribution is 5.65. The van der Waals surface area contributed by atoms with Crippen molar-refractivity contribution in [2.75, 3.05) is 0 Å². The number of ether oxygens (including phenoxy) is 1. The van der Waals surface area contributed by atoms with Crippen LogP contribution in [0.15, 0.2) is 29.9 Å². The molecule has 1 atom stereocenters. The van der Waals surface area contributed by atoms with Crippen LogP contribution in [0.25, 0.3) is 6.08 Å². The molecule has 19 heavy (non-hydrogen) atoms. The molecular formula is C17H22O2. The van der Waals surface area contributed by atoms with Crippen molar-refractivity contribution in [2.24, 2.45) is 0 Å². The van der Waals surface area contributed by atoms with Gasteiger partial charge in [0.25, 0.3) is 0 Å². The van der Waals surface area contributed by atoms with Crippen LogP contribution in [0.4, 0.5) is 0 Å². The monoisotopic (exact) mass is 258 g/mol. The second-order valence-electron chi connectivity index (χ2n) is 5.75. The SMILES string of the molecule is CC(C)=CCC[C@]1(C)C=Cc2cc(O)cc(C)c2O1. The number of phenolic OH excluding ortho intramolecular Hbond substituents is 1. The summed E-state index contributed by atoms with van der Waals surface area (Å²) in [4.78, 5) is 0. The lowest BCUT2D eigenvalue weighted by Crippen LogP contribution is -2.32. The predicted molar refractivity (Wildman–Crippen MR) is 79.6 cm³/mol. The summed E-state index contributed by atoms with van der Waals surface area (Å²) < 4.78 is 6.16. The van der Waals surface area contributed by atoms with E-state index < -0.39 is 0 Å². The van der Waals surface area contributed by atoms with Gasteiger partial charge in [-0.1, -0.05) is 17.7 Å². The van der Waals surface area contributed by atoms with Crippen molar-refractivity contribution in [2.45, 2.75) is 46.1 Å². The van der Waals surface area contributed by atoms with Gasteiger partial charge in [-0.2, -0.15) is 0 Å². The maximum Gasteiger partial charge on any atom is 0.131 e. The van der Waals surface area contributed by atoms with Gasteiger partial charge in [0.2, 0.25) is 0 Å². The lowest BCUT2D eigenvalue weighted by atomic mass is 9.93. The van der Waals surface area contributed by atoms with Crippen LogP contribution in [0.3, 0.4) is 0 Å². The standard InChI is InChI=1S/C17H22O2/c1-12(2)6-5-8-17(4)9-7-14-11-15(18)10-13(3)16(14)19-17/h6-7,9-11,18H,5,8H2,1-4H3/t17-/m1/s1. The topological polar surface area (TPSA) is 29.5 Å². The van der Waals surface area contributed by atoms with Gasteiger partial charge >= 0.3 is 0 Å². The average molecular weight is 258 g/mol. The molecule has 2 heteroatoms. The molecule has 0 radical (unpaired) electrons. The van der Waals surface area contributed by atoms with E-state index in [4.69, 9.17) is 4.74 Å². The Kier molecular flexibility index (Phi) is 3.70. The number of benzene rings is 1. The van der Waals surface area contributed by atoms with E-state index in [0.29, 0.717) is 0 Å². The fourth-order valence-electron chi connectivity index (χ4n) is 2.36. The van der Waals surface area contributed by atoms with E-state index in [-0.39, 0.29) is 11.4 Å². The lowest BCUT2D eigenvalue weighted by molar-refractivity contribution is 0.127. The zero-order valence-corrected chi connectivity index (χ0v) is 12.2. The summed E-state index contributed by atoms with van der Waals surface area (Å²) >= 11 is 0. The highest BCUT2D eigenvalue weighted by Crippen LogP contribution is 2.38. The Morgan fingerprint density at radius 2 is 2.11 bits per heavy atom. The van der Waals surface area contributed by atoms with E-state index in [1.807, 2.05) is 13.0 Å². The Hall–Kier alpha value is -1.70. The van der Waals surface area contributed by atoms with Gasteiger partial charge in [0.05, 0.1) is 0 Å². The van der Waals surface area contributed by atoms with Gasteiger partial charge < -0.3 is 9.84 Å². The van der Waals surface area contributed by atoms with Gasteiger partial charge in [0.1, 0.15) is 17.1 Å². The van der Waals surface area contributed by atoms with Crippen molar-refractivity contribution in [1.82, 2.24) is 0 Å². The van der Waals surface area contributed by atoms with Gasteiger partial charge in [-0.3, -0.25) is 0 Å². The number of aromatic hydroxyl groups is 1. The van der Waals surface area contributed by atoms with Gasteiger partial charge in [0, 0.05) is 5.56 Å². The van der Waals surface area contributed by atoms with E-state index >= 15 is 0 Å². The van der Waals surface area contributed by atoms with Gasteiger partial charge in [-0.15, -0.1) is 0 Å². The fraction of sp³-hybridized carbons (Fsp3) is 0.412. The highest BCUT2D eigenvalue weighted by Gasteiger charge is 2.27. The van der Waals surface area contributed by atoms with Crippen molar-refractivity contribution >= 4 is 6.08 Å². The highest BCUT2D eigenvalue weighted by atomic mass is 16.5. The quantitative estimate of drug-likeness (QED) is 0.802. The summed E-state index contributed by atoms with van der Waals surface area (Å²) in [5.41, 5.74) is 3.01. The molecule has 0 fully saturated rings. The third kappa shape index (κ3) is 3.19. The Morgan fingerprint density at radius 1 is 1.37 bits per heavy atom. The molecule has 1 N–H and O–H groups in total. The number of phenols is 1. The predicted octanol–water partition coefficient (Wildman–Crippen LogP) is 4.61. The Morgan fingerprint density at radius 3 is 2.79 bits per heavy atom. The number of rotatable bonds is 3. The van der Waals surface area contributed by atoms with Gasteiger partial charge in [-0.25, -0.2) is 0 Å². The normalized spacial score (nSPS) is 20.6. The first-order chi connectivity index (χ1) is 8.89. The van der Waals surface area contributed by atoms with E-state index in [0.717, 1.165) is 29.7 Å². The van der Waals surface area contributed by atoms with Crippen molar-refractivity contribution < 1.29 is 9.84 Å². The zero-order valence-electron chi connectivity index (χ0n) is 12.2. The lowest BCUT2D eigenvalue weighted by Gasteiger charge is -2.32. The van der Waals surface area contributed by atoms with Crippen LogP contribution in [0, 0.1) is 6.92 Å². The maximum absolute atomic E-state index is 9.60. The molecule has 2 rings (SSSR count). The van der Waals surface area contributed by atoms with Crippen molar-refractivity contribution in [3.63, 3.8) is 0 Å². The van der Waals surface area contributed by atoms with Crippen LogP contribution in [0.2, 0.25) is 0 Å². The maximum atomic E-state index is 9.60.